The van der Waals surface area contributed by atoms with Crippen molar-refractivity contribution in [2.24, 2.45) is 0 Å². The zero-order valence-corrected chi connectivity index (χ0v) is 13.7. The normalized spacial score (nSPS) is 12.0. The average molecular weight is 340 g/mol. The number of hydrogen-bond donors (Lipinski definition) is 1. The fourth-order valence-electron chi connectivity index (χ4n) is 2.42. The number of pyridine rings is 1. The molecule has 0 aliphatic rings. The van der Waals surface area contributed by atoms with Crippen LogP contribution in [0.1, 0.15) is 5.56 Å². The number of aliphatic hydroxyl groups excluding tert-OH is 1. The van der Waals surface area contributed by atoms with E-state index in [2.05, 4.69) is 6.07 Å². The van der Waals surface area contributed by atoms with Gasteiger partial charge in [-0.3, -0.25) is 4.79 Å². The van der Waals surface area contributed by atoms with E-state index < -0.39 is 6.10 Å². The molecule has 1 unspecified atom stereocenters. The zero-order chi connectivity index (χ0) is 16.9. The Balaban J connectivity index is 1.60. The van der Waals surface area contributed by atoms with Crippen molar-refractivity contribution in [1.82, 2.24) is 4.57 Å². The molecule has 3 aromatic rings. The molecule has 0 fully saturated rings. The lowest BCUT2D eigenvalue weighted by Gasteiger charge is -2.14. The van der Waals surface area contributed by atoms with E-state index in [9.17, 15) is 9.90 Å². The monoisotopic (exact) mass is 340 g/mol. The Morgan fingerprint density at radius 1 is 1.25 bits per heavy atom. The molecule has 3 rings (SSSR count). The van der Waals surface area contributed by atoms with E-state index in [1.165, 1.54) is 15.9 Å². The molecule has 0 amide bonds. The minimum absolute atomic E-state index is 0.0890. The van der Waals surface area contributed by atoms with Crippen molar-refractivity contribution < 1.29 is 9.84 Å². The topological polar surface area (TPSA) is 75.2 Å². The fraction of sp³-hybridized carbons (Fsp3) is 0.222. The Hall–Kier alpha value is -2.62. The predicted octanol–water partition coefficient (Wildman–Crippen LogP) is 2.57. The van der Waals surface area contributed by atoms with Gasteiger partial charge >= 0.3 is 0 Å². The molecule has 5 nitrogen and oxygen atoms in total. The van der Waals surface area contributed by atoms with Crippen LogP contribution in [0.25, 0.3) is 10.1 Å². The summed E-state index contributed by atoms with van der Waals surface area (Å²) in [5, 5.41) is 21.3. The van der Waals surface area contributed by atoms with Gasteiger partial charge in [0.2, 0.25) is 0 Å². The van der Waals surface area contributed by atoms with Crippen molar-refractivity contribution in [2.75, 3.05) is 6.61 Å². The van der Waals surface area contributed by atoms with Crippen molar-refractivity contribution in [3.05, 3.63) is 63.9 Å². The fourth-order valence-corrected chi connectivity index (χ4v) is 3.19. The highest BCUT2D eigenvalue weighted by Crippen LogP contribution is 2.16. The molecule has 2 aromatic heterocycles. The third-order valence-corrected chi connectivity index (χ3v) is 4.53. The molecule has 1 N–H and O–H groups in total. The quantitative estimate of drug-likeness (QED) is 0.748. The number of rotatable bonds is 6. The summed E-state index contributed by atoms with van der Waals surface area (Å²) in [5.74, 6) is 0.622. The first-order valence-corrected chi connectivity index (χ1v) is 8.39. The molecule has 0 aliphatic heterocycles. The lowest BCUT2D eigenvalue weighted by molar-refractivity contribution is 0.0917. The van der Waals surface area contributed by atoms with E-state index in [1.807, 2.05) is 23.6 Å². The average Bonchev–Trinajstić information content (AvgIpc) is 3.07. The second-order valence-corrected chi connectivity index (χ2v) is 6.36. The molecule has 2 heterocycles. The van der Waals surface area contributed by atoms with Crippen LogP contribution in [0, 0.1) is 11.3 Å². The first-order valence-electron chi connectivity index (χ1n) is 7.51. The van der Waals surface area contributed by atoms with Gasteiger partial charge in [-0.2, -0.15) is 5.26 Å². The van der Waals surface area contributed by atoms with E-state index in [4.69, 9.17) is 10.00 Å². The van der Waals surface area contributed by atoms with Gasteiger partial charge in [-0.1, -0.05) is 12.1 Å². The number of hydrogen-bond acceptors (Lipinski definition) is 5. The van der Waals surface area contributed by atoms with Gasteiger partial charge in [0.25, 0.3) is 5.56 Å². The summed E-state index contributed by atoms with van der Waals surface area (Å²) in [4.78, 5) is 12.3. The Morgan fingerprint density at radius 2 is 2.04 bits per heavy atom. The molecule has 1 aromatic carbocycles. The maximum atomic E-state index is 12.3. The van der Waals surface area contributed by atoms with Gasteiger partial charge in [0.05, 0.1) is 24.4 Å². The predicted molar refractivity (Wildman–Crippen MR) is 93.3 cm³/mol. The Kier molecular flexibility index (Phi) is 4.94. The molecular weight excluding hydrogens is 324 g/mol. The number of fused-ring (bicyclic) bond motifs is 1. The van der Waals surface area contributed by atoms with E-state index >= 15 is 0 Å². The van der Waals surface area contributed by atoms with Crippen LogP contribution in [-0.4, -0.2) is 22.4 Å². The Labute approximate surface area is 143 Å². The maximum absolute atomic E-state index is 12.3. The first kappa shape index (κ1) is 16.2. The summed E-state index contributed by atoms with van der Waals surface area (Å²) < 4.78 is 7.98. The van der Waals surface area contributed by atoms with Crippen LogP contribution in [0.2, 0.25) is 0 Å². The van der Waals surface area contributed by atoms with Gasteiger partial charge in [0, 0.05) is 10.9 Å². The first-order chi connectivity index (χ1) is 11.7. The highest BCUT2D eigenvalue weighted by molar-refractivity contribution is 7.17. The van der Waals surface area contributed by atoms with Crippen LogP contribution in [0.15, 0.2) is 52.8 Å². The second-order valence-electron chi connectivity index (χ2n) is 5.42. The summed E-state index contributed by atoms with van der Waals surface area (Å²) >= 11 is 1.52. The van der Waals surface area contributed by atoms with Crippen LogP contribution in [-0.2, 0) is 13.0 Å². The van der Waals surface area contributed by atoms with E-state index in [-0.39, 0.29) is 18.7 Å². The minimum atomic E-state index is -0.794. The number of thiophene rings is 1. The summed E-state index contributed by atoms with van der Waals surface area (Å²) in [6.45, 7) is 0.267. The molecule has 0 saturated heterocycles. The van der Waals surface area contributed by atoms with Crippen LogP contribution >= 0.6 is 11.3 Å². The number of nitrogens with zero attached hydrogens (tertiary/aromatic N) is 2. The molecule has 0 bridgehead atoms. The van der Waals surface area contributed by atoms with Gasteiger partial charge in [-0.05, 0) is 35.2 Å². The van der Waals surface area contributed by atoms with Gasteiger partial charge in [0.15, 0.2) is 0 Å². The highest BCUT2D eigenvalue weighted by atomic mass is 32.1. The minimum Gasteiger partial charge on any atom is -0.491 e. The molecule has 6 heteroatoms. The zero-order valence-electron chi connectivity index (χ0n) is 12.9. The van der Waals surface area contributed by atoms with Crippen molar-refractivity contribution in [2.45, 2.75) is 19.1 Å². The number of nitriles is 1. The SMILES string of the molecule is N#CCc1ccc(OCC(O)Cn2ccc3sccc3c2=O)cc1. The van der Waals surface area contributed by atoms with Crippen LogP contribution in [0.5, 0.6) is 5.75 Å². The summed E-state index contributed by atoms with van der Waals surface area (Å²) in [6, 6.07) is 12.9. The Bertz CT molecular complexity index is 922. The number of aromatic nitrogens is 1. The third-order valence-electron chi connectivity index (χ3n) is 3.65. The summed E-state index contributed by atoms with van der Waals surface area (Å²) in [7, 11) is 0. The molecule has 122 valence electrons. The van der Waals surface area contributed by atoms with Gasteiger partial charge in [0.1, 0.15) is 18.5 Å². The molecule has 0 spiro atoms. The molecular formula is C18H16N2O3S. The van der Waals surface area contributed by atoms with Gasteiger partial charge in [-0.15, -0.1) is 11.3 Å². The molecule has 0 radical (unpaired) electrons. The van der Waals surface area contributed by atoms with Gasteiger partial charge in [-0.25, -0.2) is 0 Å². The van der Waals surface area contributed by atoms with Crippen molar-refractivity contribution in [3.63, 3.8) is 0 Å². The lowest BCUT2D eigenvalue weighted by atomic mass is 10.2. The van der Waals surface area contributed by atoms with Crippen LogP contribution in [0.3, 0.4) is 0 Å². The van der Waals surface area contributed by atoms with Crippen molar-refractivity contribution >= 4 is 21.4 Å². The second kappa shape index (κ2) is 7.30. The number of ether oxygens (including phenoxy) is 1. The summed E-state index contributed by atoms with van der Waals surface area (Å²) in [5.41, 5.74) is 0.815. The third kappa shape index (κ3) is 3.65. The van der Waals surface area contributed by atoms with Crippen LogP contribution in [0.4, 0.5) is 0 Å². The maximum Gasteiger partial charge on any atom is 0.259 e. The number of benzene rings is 1. The van der Waals surface area contributed by atoms with Crippen molar-refractivity contribution in [3.8, 4) is 11.8 Å². The highest BCUT2D eigenvalue weighted by Gasteiger charge is 2.10. The van der Waals surface area contributed by atoms with Crippen LogP contribution < -0.4 is 10.3 Å². The van der Waals surface area contributed by atoms with E-state index in [1.54, 1.807) is 24.4 Å². The van der Waals surface area contributed by atoms with Gasteiger partial charge < -0.3 is 14.4 Å². The standard InChI is InChI=1S/C18H16N2O3S/c19-8-5-13-1-3-15(4-2-13)23-12-14(21)11-20-9-6-17-16(18(20)22)7-10-24-17/h1-4,6-7,9-10,14,21H,5,11-12H2. The molecule has 0 aliphatic carbocycles. The smallest absolute Gasteiger partial charge is 0.259 e. The summed E-state index contributed by atoms with van der Waals surface area (Å²) in [6.07, 6.45) is 1.26. The van der Waals surface area contributed by atoms with E-state index in [0.29, 0.717) is 17.6 Å². The van der Waals surface area contributed by atoms with E-state index in [0.717, 1.165) is 10.3 Å². The Morgan fingerprint density at radius 3 is 2.79 bits per heavy atom. The van der Waals surface area contributed by atoms with Crippen molar-refractivity contribution in [1.29, 1.82) is 5.26 Å². The number of aliphatic hydroxyl groups is 1. The molecule has 0 saturated carbocycles. The largest absolute Gasteiger partial charge is 0.491 e. The lowest BCUT2D eigenvalue weighted by Crippen LogP contribution is -2.29. The molecule has 1 atom stereocenters. The molecule has 24 heavy (non-hydrogen) atoms.